The average Bonchev–Trinajstić information content (AvgIpc) is 2.99. The normalized spacial score (nSPS) is 11.3. The van der Waals surface area contributed by atoms with Crippen molar-refractivity contribution in [2.45, 2.75) is 6.54 Å². The van der Waals surface area contributed by atoms with Gasteiger partial charge in [-0.2, -0.15) is 0 Å². The van der Waals surface area contributed by atoms with Crippen LogP contribution in [0.2, 0.25) is 0 Å². The monoisotopic (exact) mass is 343 g/mol. The second-order valence-corrected chi connectivity index (χ2v) is 6.55. The minimum atomic E-state index is -1.10. The van der Waals surface area contributed by atoms with Crippen LogP contribution in [-0.2, 0) is 6.54 Å². The molecule has 0 radical (unpaired) electrons. The van der Waals surface area contributed by atoms with Crippen molar-refractivity contribution in [3.8, 4) is 11.4 Å². The van der Waals surface area contributed by atoms with E-state index in [1.165, 1.54) is 16.7 Å². The lowest BCUT2D eigenvalue weighted by Crippen LogP contribution is -2.29. The number of nitrogens with zero attached hydrogens (tertiary/aromatic N) is 3. The van der Waals surface area contributed by atoms with Gasteiger partial charge in [0.05, 0.1) is 10.9 Å². The Balaban J connectivity index is 2.28. The Morgan fingerprint density at radius 1 is 1.29 bits per heavy atom. The first-order chi connectivity index (χ1) is 11.5. The molecule has 3 rings (SSSR count). The lowest BCUT2D eigenvalue weighted by molar-refractivity contribution is 0.0699. The van der Waals surface area contributed by atoms with E-state index in [0.717, 1.165) is 5.56 Å². The second kappa shape index (κ2) is 6.54. The SMILES string of the molecule is CN(C)CCn1c(-c2ccccc2)nc2scc(C(=O)O)c2c1=O. The molecule has 2 heterocycles. The third-order valence-corrected chi connectivity index (χ3v) is 4.60. The number of carboxylic acids is 1. The maximum Gasteiger partial charge on any atom is 0.337 e. The second-order valence-electron chi connectivity index (χ2n) is 5.70. The summed E-state index contributed by atoms with van der Waals surface area (Å²) in [5.74, 6) is -0.541. The molecule has 0 saturated carbocycles. The van der Waals surface area contributed by atoms with Crippen LogP contribution in [-0.4, -0.2) is 46.2 Å². The predicted molar refractivity (Wildman–Crippen MR) is 94.8 cm³/mol. The lowest BCUT2D eigenvalue weighted by atomic mass is 10.2. The van der Waals surface area contributed by atoms with Crippen molar-refractivity contribution < 1.29 is 9.90 Å². The molecule has 3 aromatic rings. The van der Waals surface area contributed by atoms with Gasteiger partial charge in [-0.15, -0.1) is 11.3 Å². The number of hydrogen-bond acceptors (Lipinski definition) is 5. The summed E-state index contributed by atoms with van der Waals surface area (Å²) in [6.45, 7) is 1.09. The van der Waals surface area contributed by atoms with Gasteiger partial charge < -0.3 is 10.0 Å². The number of carboxylic acid groups (broad SMARTS) is 1. The zero-order valence-electron chi connectivity index (χ0n) is 13.4. The van der Waals surface area contributed by atoms with E-state index < -0.39 is 5.97 Å². The fourth-order valence-electron chi connectivity index (χ4n) is 2.50. The molecule has 0 atom stereocenters. The quantitative estimate of drug-likeness (QED) is 0.770. The molecule has 1 N–H and O–H groups in total. The standard InChI is InChI=1S/C17H17N3O3S/c1-19(2)8-9-20-14(11-6-4-3-5-7-11)18-15-13(16(20)21)12(10-24-15)17(22)23/h3-7,10H,8-9H2,1-2H3,(H,22,23). The largest absolute Gasteiger partial charge is 0.478 e. The molecule has 0 spiro atoms. The summed E-state index contributed by atoms with van der Waals surface area (Å²) in [5, 5.41) is 11.0. The van der Waals surface area contributed by atoms with Crippen molar-refractivity contribution in [2.24, 2.45) is 0 Å². The summed E-state index contributed by atoms with van der Waals surface area (Å²) in [5.41, 5.74) is 0.547. The molecule has 0 aliphatic heterocycles. The topological polar surface area (TPSA) is 75.4 Å². The molecule has 0 saturated heterocycles. The fraction of sp³-hybridized carbons (Fsp3) is 0.235. The van der Waals surface area contributed by atoms with E-state index in [1.54, 1.807) is 4.57 Å². The van der Waals surface area contributed by atoms with E-state index in [9.17, 15) is 14.7 Å². The highest BCUT2D eigenvalue weighted by atomic mass is 32.1. The number of thiophene rings is 1. The molecule has 124 valence electrons. The van der Waals surface area contributed by atoms with Gasteiger partial charge in [-0.25, -0.2) is 9.78 Å². The minimum Gasteiger partial charge on any atom is -0.478 e. The smallest absolute Gasteiger partial charge is 0.337 e. The maximum absolute atomic E-state index is 13.0. The Morgan fingerprint density at radius 3 is 2.62 bits per heavy atom. The number of rotatable bonds is 5. The molecule has 6 nitrogen and oxygen atoms in total. The number of hydrogen-bond donors (Lipinski definition) is 1. The first-order valence-electron chi connectivity index (χ1n) is 7.44. The van der Waals surface area contributed by atoms with E-state index in [4.69, 9.17) is 0 Å². The van der Waals surface area contributed by atoms with E-state index in [-0.39, 0.29) is 16.5 Å². The molecular weight excluding hydrogens is 326 g/mol. The summed E-state index contributed by atoms with van der Waals surface area (Å²) >= 11 is 1.18. The lowest BCUT2D eigenvalue weighted by Gasteiger charge is -2.15. The number of fused-ring (bicyclic) bond motifs is 1. The van der Waals surface area contributed by atoms with Gasteiger partial charge in [0.1, 0.15) is 10.7 Å². The number of likely N-dealkylation sites (N-methyl/N-ethyl adjacent to an activating group) is 1. The average molecular weight is 343 g/mol. The van der Waals surface area contributed by atoms with Crippen LogP contribution in [0.3, 0.4) is 0 Å². The highest BCUT2D eigenvalue weighted by Crippen LogP contribution is 2.25. The van der Waals surface area contributed by atoms with E-state index in [0.29, 0.717) is 23.7 Å². The van der Waals surface area contributed by atoms with Crippen molar-refractivity contribution in [1.82, 2.24) is 14.5 Å². The highest BCUT2D eigenvalue weighted by Gasteiger charge is 2.20. The van der Waals surface area contributed by atoms with E-state index in [1.807, 2.05) is 49.3 Å². The Labute approximate surface area is 142 Å². The van der Waals surface area contributed by atoms with E-state index in [2.05, 4.69) is 4.98 Å². The summed E-state index contributed by atoms with van der Waals surface area (Å²) < 4.78 is 1.57. The molecule has 0 bridgehead atoms. The van der Waals surface area contributed by atoms with Crippen molar-refractivity contribution in [3.05, 3.63) is 51.6 Å². The van der Waals surface area contributed by atoms with Crippen LogP contribution in [0.15, 0.2) is 40.5 Å². The minimum absolute atomic E-state index is 0.0192. The summed E-state index contributed by atoms with van der Waals surface area (Å²) in [4.78, 5) is 31.4. The summed E-state index contributed by atoms with van der Waals surface area (Å²) in [6.07, 6.45) is 0. The van der Waals surface area contributed by atoms with Gasteiger partial charge in [-0.3, -0.25) is 9.36 Å². The van der Waals surface area contributed by atoms with Gasteiger partial charge >= 0.3 is 5.97 Å². The van der Waals surface area contributed by atoms with Crippen LogP contribution >= 0.6 is 11.3 Å². The van der Waals surface area contributed by atoms with Crippen molar-refractivity contribution in [1.29, 1.82) is 0 Å². The molecule has 0 unspecified atom stereocenters. The van der Waals surface area contributed by atoms with E-state index >= 15 is 0 Å². The van der Waals surface area contributed by atoms with Gasteiger partial charge in [0.15, 0.2) is 0 Å². The third-order valence-electron chi connectivity index (χ3n) is 3.73. The first kappa shape index (κ1) is 16.4. The van der Waals surface area contributed by atoms with Crippen molar-refractivity contribution in [2.75, 3.05) is 20.6 Å². The highest BCUT2D eigenvalue weighted by molar-refractivity contribution is 7.17. The van der Waals surface area contributed by atoms with Crippen molar-refractivity contribution >= 4 is 27.5 Å². The number of aromatic nitrogens is 2. The van der Waals surface area contributed by atoms with Gasteiger partial charge in [0.25, 0.3) is 5.56 Å². The van der Waals surface area contributed by atoms with Gasteiger partial charge in [0, 0.05) is 24.0 Å². The van der Waals surface area contributed by atoms with Crippen LogP contribution < -0.4 is 5.56 Å². The third kappa shape index (κ3) is 2.95. The maximum atomic E-state index is 13.0. The number of carbonyl (C=O) groups is 1. The van der Waals surface area contributed by atoms with Crippen LogP contribution in [0.5, 0.6) is 0 Å². The first-order valence-corrected chi connectivity index (χ1v) is 8.32. The van der Waals surface area contributed by atoms with Gasteiger partial charge in [0.2, 0.25) is 0 Å². The summed E-state index contributed by atoms with van der Waals surface area (Å²) in [6, 6.07) is 9.47. The molecular formula is C17H17N3O3S. The predicted octanol–water partition coefficient (Wildman–Crippen LogP) is 2.38. The summed E-state index contributed by atoms with van der Waals surface area (Å²) in [7, 11) is 3.85. The zero-order valence-corrected chi connectivity index (χ0v) is 14.2. The molecule has 7 heteroatoms. The molecule has 2 aromatic heterocycles. The Bertz CT molecular complexity index is 945. The molecule has 0 fully saturated rings. The van der Waals surface area contributed by atoms with Crippen LogP contribution in [0.25, 0.3) is 21.6 Å². The van der Waals surface area contributed by atoms with Gasteiger partial charge in [-0.05, 0) is 14.1 Å². The van der Waals surface area contributed by atoms with Crippen molar-refractivity contribution in [3.63, 3.8) is 0 Å². The molecule has 0 amide bonds. The van der Waals surface area contributed by atoms with Gasteiger partial charge in [-0.1, -0.05) is 30.3 Å². The van der Waals surface area contributed by atoms with Crippen LogP contribution in [0.4, 0.5) is 0 Å². The number of aromatic carboxylic acids is 1. The molecule has 1 aromatic carbocycles. The molecule has 0 aliphatic rings. The Hall–Kier alpha value is -2.51. The molecule has 0 aliphatic carbocycles. The number of benzene rings is 1. The Morgan fingerprint density at radius 2 is 2.00 bits per heavy atom. The zero-order chi connectivity index (χ0) is 17.3. The Kier molecular flexibility index (Phi) is 4.46. The molecule has 24 heavy (non-hydrogen) atoms. The fourth-order valence-corrected chi connectivity index (χ4v) is 3.40. The van der Waals surface area contributed by atoms with Crippen LogP contribution in [0.1, 0.15) is 10.4 Å². The van der Waals surface area contributed by atoms with Crippen LogP contribution in [0, 0.1) is 0 Å².